The molecule has 1 atom stereocenters. The highest BCUT2D eigenvalue weighted by Gasteiger charge is 2.31. The van der Waals surface area contributed by atoms with Gasteiger partial charge in [0.2, 0.25) is 11.8 Å². The van der Waals surface area contributed by atoms with Gasteiger partial charge in [-0.25, -0.2) is 17.9 Å². The van der Waals surface area contributed by atoms with Crippen LogP contribution in [0.4, 0.5) is 16.2 Å². The number of methoxy groups -OCH3 is 1. The zero-order valence-electron chi connectivity index (χ0n) is 16.9. The van der Waals surface area contributed by atoms with Gasteiger partial charge in [-0.3, -0.25) is 9.59 Å². The van der Waals surface area contributed by atoms with Crippen molar-refractivity contribution < 1.29 is 27.5 Å². The third-order valence-electron chi connectivity index (χ3n) is 4.54. The molecular weight excluding hydrogens is 424 g/mol. The molecule has 1 aliphatic rings. The standard InChI is InChI=1S/C20H22N4O6S/c1-13(25)23-31(28,29)18-9-3-14(4-10-18)21-20(27)22-15-11-19(26)24(12-15)16-5-7-17(30-2)8-6-16/h3-10,15H,11-12H2,1-2H3,(H,23,25)(H2,21,22,27). The van der Waals surface area contributed by atoms with Gasteiger partial charge in [0.1, 0.15) is 5.75 Å². The zero-order valence-corrected chi connectivity index (χ0v) is 17.7. The minimum absolute atomic E-state index is 0.106. The van der Waals surface area contributed by atoms with E-state index >= 15 is 0 Å². The summed E-state index contributed by atoms with van der Waals surface area (Å²) in [4.78, 5) is 37.1. The molecule has 0 aliphatic carbocycles. The average Bonchev–Trinajstić information content (AvgIpc) is 3.07. The smallest absolute Gasteiger partial charge is 0.319 e. The number of carbonyl (C=O) groups excluding carboxylic acids is 3. The summed E-state index contributed by atoms with van der Waals surface area (Å²) in [5.41, 5.74) is 1.07. The van der Waals surface area contributed by atoms with Crippen molar-refractivity contribution in [3.63, 3.8) is 0 Å². The maximum atomic E-state index is 12.3. The number of nitrogens with zero attached hydrogens (tertiary/aromatic N) is 1. The number of nitrogens with one attached hydrogen (secondary N) is 3. The second kappa shape index (κ2) is 9.04. The molecule has 1 fully saturated rings. The highest BCUT2D eigenvalue weighted by molar-refractivity contribution is 7.90. The third-order valence-corrected chi connectivity index (χ3v) is 5.99. The predicted molar refractivity (Wildman–Crippen MR) is 113 cm³/mol. The summed E-state index contributed by atoms with van der Waals surface area (Å²) >= 11 is 0. The fraction of sp³-hybridized carbons (Fsp3) is 0.250. The molecule has 2 aromatic rings. The van der Waals surface area contributed by atoms with Crippen LogP contribution >= 0.6 is 0 Å². The van der Waals surface area contributed by atoms with Gasteiger partial charge in [-0.15, -0.1) is 0 Å². The number of benzene rings is 2. The highest BCUT2D eigenvalue weighted by atomic mass is 32.2. The van der Waals surface area contributed by atoms with Crippen molar-refractivity contribution in [3.05, 3.63) is 48.5 Å². The van der Waals surface area contributed by atoms with Gasteiger partial charge in [-0.05, 0) is 48.5 Å². The van der Waals surface area contributed by atoms with E-state index in [4.69, 9.17) is 4.74 Å². The van der Waals surface area contributed by atoms with Crippen molar-refractivity contribution in [2.45, 2.75) is 24.3 Å². The number of carbonyl (C=O) groups is 3. The van der Waals surface area contributed by atoms with E-state index in [9.17, 15) is 22.8 Å². The molecule has 1 aliphatic heterocycles. The van der Waals surface area contributed by atoms with Gasteiger partial charge in [0, 0.05) is 31.3 Å². The first kappa shape index (κ1) is 22.1. The summed E-state index contributed by atoms with van der Waals surface area (Å²) in [6.45, 7) is 1.42. The Bertz CT molecular complexity index is 1080. The van der Waals surface area contributed by atoms with Crippen molar-refractivity contribution >= 4 is 39.2 Å². The van der Waals surface area contributed by atoms with Gasteiger partial charge in [0.25, 0.3) is 10.0 Å². The topological polar surface area (TPSA) is 134 Å². The first-order valence-corrected chi connectivity index (χ1v) is 10.8. The van der Waals surface area contributed by atoms with E-state index in [1.807, 2.05) is 4.72 Å². The van der Waals surface area contributed by atoms with Crippen LogP contribution in [-0.2, 0) is 19.6 Å². The van der Waals surface area contributed by atoms with E-state index < -0.39 is 22.0 Å². The van der Waals surface area contributed by atoms with Crippen LogP contribution in [-0.4, -0.2) is 46.0 Å². The lowest BCUT2D eigenvalue weighted by atomic mass is 10.2. The Kier molecular flexibility index (Phi) is 6.44. The van der Waals surface area contributed by atoms with Crippen LogP contribution in [0.3, 0.4) is 0 Å². The van der Waals surface area contributed by atoms with E-state index in [1.54, 1.807) is 36.3 Å². The molecular formula is C20H22N4O6S. The number of hydrogen-bond acceptors (Lipinski definition) is 6. The minimum Gasteiger partial charge on any atom is -0.497 e. The normalized spacial score (nSPS) is 16.0. The number of rotatable bonds is 6. The molecule has 0 radical (unpaired) electrons. The fourth-order valence-corrected chi connectivity index (χ4v) is 4.12. The Morgan fingerprint density at radius 2 is 1.71 bits per heavy atom. The lowest BCUT2D eigenvalue weighted by molar-refractivity contribution is -0.118. The van der Waals surface area contributed by atoms with Crippen molar-refractivity contribution in [2.24, 2.45) is 0 Å². The molecule has 0 bridgehead atoms. The molecule has 0 saturated carbocycles. The molecule has 3 N–H and O–H groups in total. The Hall–Kier alpha value is -3.60. The summed E-state index contributed by atoms with van der Waals surface area (Å²) < 4.78 is 30.9. The summed E-state index contributed by atoms with van der Waals surface area (Å²) in [6, 6.07) is 11.5. The molecule has 31 heavy (non-hydrogen) atoms. The quantitative estimate of drug-likeness (QED) is 0.615. The lowest BCUT2D eigenvalue weighted by Crippen LogP contribution is -2.39. The molecule has 2 aromatic carbocycles. The molecule has 164 valence electrons. The van der Waals surface area contributed by atoms with Gasteiger partial charge in [-0.1, -0.05) is 0 Å². The van der Waals surface area contributed by atoms with Crippen molar-refractivity contribution in [1.29, 1.82) is 0 Å². The molecule has 10 nitrogen and oxygen atoms in total. The molecule has 1 saturated heterocycles. The SMILES string of the molecule is COc1ccc(N2CC(NC(=O)Nc3ccc(S(=O)(=O)NC(C)=O)cc3)CC2=O)cc1. The number of amides is 4. The molecule has 11 heteroatoms. The number of hydrogen-bond donors (Lipinski definition) is 3. The maximum absolute atomic E-state index is 12.3. The molecule has 3 rings (SSSR count). The fourth-order valence-electron chi connectivity index (χ4n) is 3.13. The predicted octanol–water partition coefficient (Wildman–Crippen LogP) is 1.45. The average molecular weight is 446 g/mol. The summed E-state index contributed by atoms with van der Waals surface area (Å²) in [6.07, 6.45) is 0.160. The van der Waals surface area contributed by atoms with Crippen LogP contribution in [0, 0.1) is 0 Å². The first-order valence-electron chi connectivity index (χ1n) is 9.33. The van der Waals surface area contributed by atoms with Crippen molar-refractivity contribution in [1.82, 2.24) is 10.0 Å². The van der Waals surface area contributed by atoms with Gasteiger partial charge >= 0.3 is 6.03 Å². The number of sulfonamides is 1. The van der Waals surface area contributed by atoms with Gasteiger partial charge in [0.15, 0.2) is 0 Å². The largest absolute Gasteiger partial charge is 0.497 e. The Balaban J connectivity index is 1.57. The second-order valence-electron chi connectivity index (χ2n) is 6.89. The van der Waals surface area contributed by atoms with Crippen LogP contribution in [0.1, 0.15) is 13.3 Å². The second-order valence-corrected chi connectivity index (χ2v) is 8.57. The maximum Gasteiger partial charge on any atom is 0.319 e. The minimum atomic E-state index is -3.95. The summed E-state index contributed by atoms with van der Waals surface area (Å²) in [5, 5.41) is 5.33. The molecule has 0 spiro atoms. The van der Waals surface area contributed by atoms with Crippen LogP contribution in [0.2, 0.25) is 0 Å². The van der Waals surface area contributed by atoms with Crippen LogP contribution in [0.15, 0.2) is 53.4 Å². The van der Waals surface area contributed by atoms with Gasteiger partial charge in [-0.2, -0.15) is 0 Å². The van der Waals surface area contributed by atoms with Crippen LogP contribution in [0.5, 0.6) is 5.75 Å². The number of anilines is 2. The molecule has 0 aromatic heterocycles. The Morgan fingerprint density at radius 1 is 1.06 bits per heavy atom. The summed E-state index contributed by atoms with van der Waals surface area (Å²) in [5.74, 6) is -0.125. The van der Waals surface area contributed by atoms with Crippen LogP contribution < -0.4 is 25.0 Å². The Labute approximate surface area is 179 Å². The van der Waals surface area contributed by atoms with Crippen molar-refractivity contribution in [2.75, 3.05) is 23.9 Å². The number of ether oxygens (including phenoxy) is 1. The van der Waals surface area contributed by atoms with E-state index in [0.717, 1.165) is 6.92 Å². The molecule has 1 unspecified atom stereocenters. The Morgan fingerprint density at radius 3 is 2.29 bits per heavy atom. The van der Waals surface area contributed by atoms with Crippen LogP contribution in [0.25, 0.3) is 0 Å². The van der Waals surface area contributed by atoms with E-state index in [-0.39, 0.29) is 23.3 Å². The zero-order chi connectivity index (χ0) is 22.6. The first-order chi connectivity index (χ1) is 14.7. The lowest BCUT2D eigenvalue weighted by Gasteiger charge is -2.18. The van der Waals surface area contributed by atoms with Gasteiger partial charge < -0.3 is 20.3 Å². The number of urea groups is 1. The third kappa shape index (κ3) is 5.51. The van der Waals surface area contributed by atoms with E-state index in [1.165, 1.54) is 24.3 Å². The highest BCUT2D eigenvalue weighted by Crippen LogP contribution is 2.24. The van der Waals surface area contributed by atoms with Gasteiger partial charge in [0.05, 0.1) is 18.0 Å². The molecule has 4 amide bonds. The van der Waals surface area contributed by atoms with Crippen molar-refractivity contribution in [3.8, 4) is 5.75 Å². The molecule has 1 heterocycles. The monoisotopic (exact) mass is 446 g/mol. The van der Waals surface area contributed by atoms with E-state index in [0.29, 0.717) is 23.7 Å². The summed E-state index contributed by atoms with van der Waals surface area (Å²) in [7, 11) is -2.39. The van der Waals surface area contributed by atoms with E-state index in [2.05, 4.69) is 10.6 Å².